The second kappa shape index (κ2) is 6.38. The van der Waals surface area contributed by atoms with Crippen molar-refractivity contribution < 1.29 is 4.79 Å². The van der Waals surface area contributed by atoms with E-state index in [-0.39, 0.29) is 24.1 Å². The highest BCUT2D eigenvalue weighted by atomic mass is 32.1. The lowest BCUT2D eigenvalue weighted by Crippen LogP contribution is -2.33. The number of fused-ring (bicyclic) bond motifs is 1. The summed E-state index contributed by atoms with van der Waals surface area (Å²) in [5.74, 6) is -0.172. The highest BCUT2D eigenvalue weighted by Crippen LogP contribution is 2.21. The molecule has 0 saturated heterocycles. The van der Waals surface area contributed by atoms with Crippen molar-refractivity contribution in [3.8, 4) is 0 Å². The average molecular weight is 326 g/mol. The smallest absolute Gasteiger partial charge is 0.259 e. The van der Waals surface area contributed by atoms with E-state index in [1.165, 1.54) is 4.57 Å². The van der Waals surface area contributed by atoms with Crippen molar-refractivity contribution in [1.29, 1.82) is 0 Å². The van der Waals surface area contributed by atoms with Gasteiger partial charge >= 0.3 is 0 Å². The maximum absolute atomic E-state index is 12.4. The molecule has 0 fully saturated rings. The van der Waals surface area contributed by atoms with Crippen LogP contribution in [0.1, 0.15) is 23.4 Å². The van der Waals surface area contributed by atoms with Gasteiger partial charge in [-0.2, -0.15) is 0 Å². The Morgan fingerprint density at radius 2 is 2.00 bits per heavy atom. The third kappa shape index (κ3) is 3.35. The normalized spacial score (nSPS) is 12.3. The first-order chi connectivity index (χ1) is 11.0. The fourth-order valence-electron chi connectivity index (χ4n) is 2.59. The maximum atomic E-state index is 12.4. The van der Waals surface area contributed by atoms with Gasteiger partial charge in [0.05, 0.1) is 11.4 Å². The van der Waals surface area contributed by atoms with Crippen LogP contribution in [0.15, 0.2) is 53.5 Å². The molecule has 3 rings (SSSR count). The van der Waals surface area contributed by atoms with Crippen LogP contribution in [-0.4, -0.2) is 10.5 Å². The molecule has 1 atom stereocenters. The lowest BCUT2D eigenvalue weighted by molar-refractivity contribution is -0.122. The van der Waals surface area contributed by atoms with Gasteiger partial charge in [-0.3, -0.25) is 9.59 Å². The zero-order chi connectivity index (χ0) is 16.4. The van der Waals surface area contributed by atoms with E-state index < -0.39 is 0 Å². The van der Waals surface area contributed by atoms with E-state index in [1.54, 1.807) is 17.5 Å². The Morgan fingerprint density at radius 3 is 2.74 bits per heavy atom. The number of aryl methyl sites for hydroxylation is 1. The minimum absolute atomic E-state index is 0.0286. The number of benzene rings is 1. The molecule has 118 valence electrons. The van der Waals surface area contributed by atoms with E-state index in [1.807, 2.05) is 56.3 Å². The zero-order valence-corrected chi connectivity index (χ0v) is 13.9. The highest BCUT2D eigenvalue weighted by Gasteiger charge is 2.12. The van der Waals surface area contributed by atoms with Gasteiger partial charge in [-0.25, -0.2) is 0 Å². The van der Waals surface area contributed by atoms with Crippen molar-refractivity contribution in [2.45, 2.75) is 26.4 Å². The van der Waals surface area contributed by atoms with Crippen LogP contribution in [0.2, 0.25) is 0 Å². The fourth-order valence-corrected chi connectivity index (χ4v) is 3.50. The molecule has 1 amide bonds. The average Bonchev–Trinajstić information content (AvgIpc) is 2.92. The van der Waals surface area contributed by atoms with Gasteiger partial charge < -0.3 is 9.88 Å². The second-order valence-corrected chi connectivity index (χ2v) is 6.87. The number of pyridine rings is 1. The molecule has 4 nitrogen and oxygen atoms in total. The summed E-state index contributed by atoms with van der Waals surface area (Å²) in [5, 5.41) is 3.61. The SMILES string of the molecule is Cc1cc2c(=O)n(CC(=O)NC(C)c3ccccc3)ccc2s1. The largest absolute Gasteiger partial charge is 0.348 e. The van der Waals surface area contributed by atoms with Crippen LogP contribution < -0.4 is 10.9 Å². The summed E-state index contributed by atoms with van der Waals surface area (Å²) in [6.45, 7) is 3.94. The van der Waals surface area contributed by atoms with Crippen LogP contribution in [0.3, 0.4) is 0 Å². The number of carbonyl (C=O) groups is 1. The van der Waals surface area contributed by atoms with Crippen molar-refractivity contribution in [2.24, 2.45) is 0 Å². The van der Waals surface area contributed by atoms with Crippen molar-refractivity contribution in [1.82, 2.24) is 9.88 Å². The van der Waals surface area contributed by atoms with E-state index in [9.17, 15) is 9.59 Å². The Labute approximate surface area is 138 Å². The van der Waals surface area contributed by atoms with Crippen molar-refractivity contribution >= 4 is 27.3 Å². The van der Waals surface area contributed by atoms with Gasteiger partial charge in [0.15, 0.2) is 0 Å². The molecule has 1 N–H and O–H groups in total. The molecule has 3 aromatic rings. The summed E-state index contributed by atoms with van der Waals surface area (Å²) in [4.78, 5) is 25.7. The van der Waals surface area contributed by atoms with Crippen LogP contribution in [0.5, 0.6) is 0 Å². The molecule has 0 aliphatic carbocycles. The number of amides is 1. The molecule has 5 heteroatoms. The first-order valence-electron chi connectivity index (χ1n) is 7.48. The minimum atomic E-state index is -0.172. The van der Waals surface area contributed by atoms with Gasteiger partial charge in [0.25, 0.3) is 5.56 Å². The van der Waals surface area contributed by atoms with E-state index in [0.717, 1.165) is 15.1 Å². The second-order valence-electron chi connectivity index (χ2n) is 5.58. The van der Waals surface area contributed by atoms with Gasteiger partial charge in [-0.05, 0) is 31.5 Å². The Bertz CT molecular complexity index is 896. The van der Waals surface area contributed by atoms with Crippen LogP contribution in [-0.2, 0) is 11.3 Å². The number of nitrogens with zero attached hydrogens (tertiary/aromatic N) is 1. The standard InChI is InChI=1S/C18H18N2O2S/c1-12-10-15-16(23-12)8-9-20(18(15)22)11-17(21)19-13(2)14-6-4-3-5-7-14/h3-10,13H,11H2,1-2H3,(H,19,21). The molecule has 0 bridgehead atoms. The van der Waals surface area contributed by atoms with E-state index in [0.29, 0.717) is 5.39 Å². The van der Waals surface area contributed by atoms with Crippen LogP contribution >= 0.6 is 11.3 Å². The van der Waals surface area contributed by atoms with Gasteiger partial charge in [-0.15, -0.1) is 11.3 Å². The molecule has 1 unspecified atom stereocenters. The van der Waals surface area contributed by atoms with Gasteiger partial charge in [0, 0.05) is 15.8 Å². The van der Waals surface area contributed by atoms with Gasteiger partial charge in [-0.1, -0.05) is 30.3 Å². The summed E-state index contributed by atoms with van der Waals surface area (Å²) in [7, 11) is 0. The fraction of sp³-hybridized carbons (Fsp3) is 0.222. The quantitative estimate of drug-likeness (QED) is 0.800. The van der Waals surface area contributed by atoms with Crippen molar-refractivity contribution in [2.75, 3.05) is 0 Å². The minimum Gasteiger partial charge on any atom is -0.348 e. The van der Waals surface area contributed by atoms with Crippen LogP contribution in [0, 0.1) is 6.92 Å². The Hall–Kier alpha value is -2.40. The van der Waals surface area contributed by atoms with Crippen molar-refractivity contribution in [3.63, 3.8) is 0 Å². The number of carbonyl (C=O) groups excluding carboxylic acids is 1. The molecule has 0 aliphatic rings. The number of rotatable bonds is 4. The Balaban J connectivity index is 1.75. The number of nitrogens with one attached hydrogen (secondary N) is 1. The predicted molar refractivity (Wildman–Crippen MR) is 93.8 cm³/mol. The lowest BCUT2D eigenvalue weighted by atomic mass is 10.1. The first kappa shape index (κ1) is 15.5. The molecule has 1 aromatic carbocycles. The van der Waals surface area contributed by atoms with E-state index in [4.69, 9.17) is 0 Å². The highest BCUT2D eigenvalue weighted by molar-refractivity contribution is 7.18. The summed E-state index contributed by atoms with van der Waals surface area (Å²) in [6, 6.07) is 13.4. The summed E-state index contributed by atoms with van der Waals surface area (Å²) in [6.07, 6.45) is 1.69. The molecule has 0 radical (unpaired) electrons. The van der Waals surface area contributed by atoms with Crippen LogP contribution in [0.25, 0.3) is 10.1 Å². The topological polar surface area (TPSA) is 51.1 Å². The van der Waals surface area contributed by atoms with E-state index >= 15 is 0 Å². The summed E-state index contributed by atoms with van der Waals surface area (Å²) < 4.78 is 2.42. The van der Waals surface area contributed by atoms with Crippen molar-refractivity contribution in [3.05, 3.63) is 69.5 Å². The molecule has 0 spiro atoms. The van der Waals surface area contributed by atoms with Gasteiger partial charge in [0.1, 0.15) is 6.54 Å². The zero-order valence-electron chi connectivity index (χ0n) is 13.1. The molecule has 2 aromatic heterocycles. The Morgan fingerprint density at radius 1 is 1.26 bits per heavy atom. The first-order valence-corrected chi connectivity index (χ1v) is 8.30. The molecular weight excluding hydrogens is 308 g/mol. The Kier molecular flexibility index (Phi) is 4.30. The summed E-state index contributed by atoms with van der Waals surface area (Å²) in [5.41, 5.74) is 0.923. The van der Waals surface area contributed by atoms with Gasteiger partial charge in [0.2, 0.25) is 5.91 Å². The molecule has 0 aliphatic heterocycles. The monoisotopic (exact) mass is 326 g/mol. The third-order valence-corrected chi connectivity index (χ3v) is 4.79. The van der Waals surface area contributed by atoms with Crippen LogP contribution in [0.4, 0.5) is 0 Å². The predicted octanol–water partition coefficient (Wildman–Crippen LogP) is 3.25. The third-order valence-electron chi connectivity index (χ3n) is 3.77. The number of aromatic nitrogens is 1. The molecule has 0 saturated carbocycles. The maximum Gasteiger partial charge on any atom is 0.259 e. The molecule has 2 heterocycles. The number of hydrogen-bond donors (Lipinski definition) is 1. The lowest BCUT2D eigenvalue weighted by Gasteiger charge is -2.15. The number of hydrogen-bond acceptors (Lipinski definition) is 3. The molecular formula is C18H18N2O2S. The summed E-state index contributed by atoms with van der Waals surface area (Å²) >= 11 is 1.59. The molecule has 23 heavy (non-hydrogen) atoms. The number of thiophene rings is 1. The van der Waals surface area contributed by atoms with E-state index in [2.05, 4.69) is 5.32 Å².